The third-order valence-electron chi connectivity index (χ3n) is 7.97. The molecule has 39 heavy (non-hydrogen) atoms. The summed E-state index contributed by atoms with van der Waals surface area (Å²) in [6.07, 6.45) is 1.31. The molecule has 0 unspecified atom stereocenters. The maximum atomic E-state index is 12.9. The van der Waals surface area contributed by atoms with Gasteiger partial charge in [0.1, 0.15) is 30.5 Å². The molecule has 0 bridgehead atoms. The van der Waals surface area contributed by atoms with Gasteiger partial charge in [-0.25, -0.2) is 9.59 Å². The van der Waals surface area contributed by atoms with E-state index >= 15 is 0 Å². The highest BCUT2D eigenvalue weighted by molar-refractivity contribution is 5.89. The Morgan fingerprint density at radius 3 is 2.38 bits per heavy atom. The van der Waals surface area contributed by atoms with Crippen LogP contribution in [-0.2, 0) is 28.6 Å². The monoisotopic (exact) mass is 557 g/mol. The molecule has 0 aromatic heterocycles. The second kappa shape index (κ2) is 12.9. The first-order valence-electron chi connectivity index (χ1n) is 13.0. The van der Waals surface area contributed by atoms with Crippen LogP contribution in [0.2, 0.25) is 0 Å². The summed E-state index contributed by atoms with van der Waals surface area (Å²) in [6.45, 7) is 3.90. The molecule has 3 saturated heterocycles. The second-order valence-electron chi connectivity index (χ2n) is 10.8. The Labute approximate surface area is 226 Å². The Kier molecular flexibility index (Phi) is 10.3. The van der Waals surface area contributed by atoms with E-state index in [0.717, 1.165) is 25.7 Å². The number of ether oxygens (including phenoxy) is 3. The Bertz CT molecular complexity index is 953. The van der Waals surface area contributed by atoms with Crippen LogP contribution in [-0.4, -0.2) is 122 Å². The molecule has 4 rings (SSSR count). The van der Waals surface area contributed by atoms with Crippen molar-refractivity contribution in [2.45, 2.75) is 88.0 Å². The Morgan fingerprint density at radius 2 is 1.79 bits per heavy atom. The number of epoxide rings is 1. The fourth-order valence-corrected chi connectivity index (χ4v) is 5.68. The maximum absolute atomic E-state index is 12.9. The second-order valence-corrected chi connectivity index (χ2v) is 10.8. The van der Waals surface area contributed by atoms with Gasteiger partial charge >= 0.3 is 17.9 Å². The van der Waals surface area contributed by atoms with Crippen molar-refractivity contribution in [3.63, 3.8) is 0 Å². The molecule has 3 aliphatic heterocycles. The van der Waals surface area contributed by atoms with Gasteiger partial charge in [0.25, 0.3) is 0 Å². The normalized spacial score (nSPS) is 41.4. The van der Waals surface area contributed by atoms with Gasteiger partial charge in [-0.1, -0.05) is 11.6 Å². The predicted octanol–water partition coefficient (Wildman–Crippen LogP) is -0.734. The topological polar surface area (TPSA) is 207 Å². The van der Waals surface area contributed by atoms with Crippen molar-refractivity contribution in [2.24, 2.45) is 11.8 Å². The Hall–Kier alpha value is -2.39. The number of allylic oxidation sites excluding steroid dienone is 2. The molecule has 0 radical (unpaired) electrons. The highest BCUT2D eigenvalue weighted by Gasteiger charge is 2.63. The maximum Gasteiger partial charge on any atom is 0.328 e. The zero-order chi connectivity index (χ0) is 29.1. The van der Waals surface area contributed by atoms with Crippen molar-refractivity contribution in [1.29, 1.82) is 0 Å². The van der Waals surface area contributed by atoms with Crippen LogP contribution in [0.25, 0.3) is 0 Å². The van der Waals surface area contributed by atoms with Gasteiger partial charge < -0.3 is 44.8 Å². The zero-order valence-electron chi connectivity index (χ0n) is 22.3. The SMILES string of the molecule is C/C1=C\CC[C@@]2(C)O[C@H]2[C@H]2OC(=O)[C@@H](CN(C)[C@@H]3[C@@H](O)[C@H](O)[C@@H](CO)O[C@H]3O)[C@@H]2CC1.O=C(O)/C=C/C(=O)O. The lowest BCUT2D eigenvalue weighted by Crippen LogP contribution is -2.64. The third kappa shape index (κ3) is 7.42. The van der Waals surface area contributed by atoms with Crippen molar-refractivity contribution < 1.29 is 59.2 Å². The van der Waals surface area contributed by atoms with E-state index in [1.807, 2.05) is 0 Å². The molecule has 0 amide bonds. The van der Waals surface area contributed by atoms with Gasteiger partial charge in [-0.15, -0.1) is 0 Å². The third-order valence-corrected chi connectivity index (χ3v) is 7.97. The van der Waals surface area contributed by atoms with Crippen molar-refractivity contribution in [2.75, 3.05) is 20.2 Å². The molecule has 13 heteroatoms. The lowest BCUT2D eigenvalue weighted by atomic mass is 9.80. The standard InChI is InChI=1S/C22H35NO8.C4H4O4/c1-11-5-4-8-22(2)19(31-22)18-12(7-6-11)13(20(27)30-18)9-23(3)15-17(26)16(25)14(10-24)29-21(15)28;5-3(6)1-2-4(7)8/h5,12-19,21,24-26,28H,4,6-10H2,1-3H3;1-2H,(H,5,6)(H,7,8)/b11-5+;2-1+/t12-,13-,14+,15+,16+,17+,18-,19-,21+,22+;/m0./s1. The summed E-state index contributed by atoms with van der Waals surface area (Å²) in [4.78, 5) is 33.6. The number of carboxylic acids is 2. The van der Waals surface area contributed by atoms with Crippen LogP contribution in [0.15, 0.2) is 23.8 Å². The van der Waals surface area contributed by atoms with Crippen LogP contribution in [0.5, 0.6) is 0 Å². The van der Waals surface area contributed by atoms with Crippen LogP contribution in [0.3, 0.4) is 0 Å². The molecular weight excluding hydrogens is 518 g/mol. The van der Waals surface area contributed by atoms with E-state index in [0.29, 0.717) is 12.2 Å². The van der Waals surface area contributed by atoms with Crippen LogP contribution >= 0.6 is 0 Å². The van der Waals surface area contributed by atoms with E-state index < -0.39 is 55.1 Å². The number of nitrogens with zero attached hydrogens (tertiary/aromatic N) is 1. The number of hydrogen-bond donors (Lipinski definition) is 6. The van der Waals surface area contributed by atoms with E-state index in [9.17, 15) is 34.8 Å². The number of carbonyl (C=O) groups excluding carboxylic acids is 1. The van der Waals surface area contributed by atoms with Crippen molar-refractivity contribution in [3.05, 3.63) is 23.8 Å². The van der Waals surface area contributed by atoms with Crippen LogP contribution in [0, 0.1) is 11.8 Å². The molecule has 0 spiro atoms. The smallest absolute Gasteiger partial charge is 0.328 e. The molecule has 10 atom stereocenters. The Morgan fingerprint density at radius 1 is 1.15 bits per heavy atom. The minimum atomic E-state index is -1.40. The molecule has 220 valence electrons. The number of esters is 1. The molecule has 4 aliphatic rings. The minimum Gasteiger partial charge on any atom is -0.478 e. The molecule has 0 aromatic carbocycles. The zero-order valence-corrected chi connectivity index (χ0v) is 22.3. The number of aliphatic hydroxyl groups is 4. The quantitative estimate of drug-likeness (QED) is 0.103. The van der Waals surface area contributed by atoms with Crippen LogP contribution < -0.4 is 0 Å². The summed E-state index contributed by atoms with van der Waals surface area (Å²) in [5, 5.41) is 56.0. The molecule has 1 aliphatic carbocycles. The molecular formula is C26H39NO12. The van der Waals surface area contributed by atoms with E-state index in [1.165, 1.54) is 5.57 Å². The summed E-state index contributed by atoms with van der Waals surface area (Å²) >= 11 is 0. The van der Waals surface area contributed by atoms with Gasteiger partial charge in [0.05, 0.1) is 24.2 Å². The molecule has 0 aromatic rings. The molecule has 13 nitrogen and oxygen atoms in total. The molecule has 3 heterocycles. The van der Waals surface area contributed by atoms with Crippen molar-refractivity contribution in [1.82, 2.24) is 4.90 Å². The van der Waals surface area contributed by atoms with Gasteiger partial charge in [0.2, 0.25) is 0 Å². The largest absolute Gasteiger partial charge is 0.478 e. The number of likely N-dealkylation sites (N-methyl/N-ethyl adjacent to an activating group) is 1. The van der Waals surface area contributed by atoms with Gasteiger partial charge in [-0.3, -0.25) is 9.69 Å². The first-order valence-corrected chi connectivity index (χ1v) is 13.0. The fourth-order valence-electron chi connectivity index (χ4n) is 5.68. The van der Waals surface area contributed by atoms with Gasteiger partial charge in [0, 0.05) is 24.6 Å². The van der Waals surface area contributed by atoms with Crippen molar-refractivity contribution in [3.8, 4) is 0 Å². The lowest BCUT2D eigenvalue weighted by molar-refractivity contribution is -0.271. The van der Waals surface area contributed by atoms with E-state index in [2.05, 4.69) is 19.9 Å². The number of aliphatic hydroxyl groups excluding tert-OH is 4. The minimum absolute atomic E-state index is 0.0443. The number of carboxylic acid groups (broad SMARTS) is 2. The summed E-state index contributed by atoms with van der Waals surface area (Å²) in [6, 6.07) is -0.937. The van der Waals surface area contributed by atoms with Gasteiger partial charge in [-0.05, 0) is 46.6 Å². The number of aliphatic carboxylic acids is 2. The van der Waals surface area contributed by atoms with Gasteiger partial charge in [-0.2, -0.15) is 0 Å². The van der Waals surface area contributed by atoms with Crippen LogP contribution in [0.1, 0.15) is 39.5 Å². The van der Waals surface area contributed by atoms with Gasteiger partial charge in [0.15, 0.2) is 6.29 Å². The predicted molar refractivity (Wildman–Crippen MR) is 133 cm³/mol. The summed E-state index contributed by atoms with van der Waals surface area (Å²) in [5.41, 5.74) is 1.02. The van der Waals surface area contributed by atoms with Crippen LogP contribution in [0.4, 0.5) is 0 Å². The van der Waals surface area contributed by atoms with Crippen molar-refractivity contribution >= 4 is 17.9 Å². The first kappa shape index (κ1) is 31.1. The molecule has 6 N–H and O–H groups in total. The summed E-state index contributed by atoms with van der Waals surface area (Å²) in [7, 11) is 1.68. The molecule has 0 saturated carbocycles. The highest BCUT2D eigenvalue weighted by Crippen LogP contribution is 2.50. The average Bonchev–Trinajstić information content (AvgIpc) is 3.44. The Balaban J connectivity index is 0.000000459. The van der Waals surface area contributed by atoms with E-state index in [1.54, 1.807) is 11.9 Å². The molecule has 3 fully saturated rings. The fraction of sp³-hybridized carbons (Fsp3) is 0.731. The lowest BCUT2D eigenvalue weighted by Gasteiger charge is -2.44. The summed E-state index contributed by atoms with van der Waals surface area (Å²) < 4.78 is 17.1. The number of carbonyl (C=O) groups is 3. The highest BCUT2D eigenvalue weighted by atomic mass is 16.6. The number of rotatable bonds is 6. The first-order chi connectivity index (χ1) is 18.3. The number of fused-ring (bicyclic) bond motifs is 3. The van der Waals surface area contributed by atoms with E-state index in [-0.39, 0.29) is 36.2 Å². The van der Waals surface area contributed by atoms with E-state index in [4.69, 9.17) is 24.4 Å². The number of hydrogen-bond acceptors (Lipinski definition) is 11. The average molecular weight is 558 g/mol. The summed E-state index contributed by atoms with van der Waals surface area (Å²) in [5.74, 6) is -3.30.